The van der Waals surface area contributed by atoms with Gasteiger partial charge in [-0.15, -0.1) is 0 Å². The van der Waals surface area contributed by atoms with E-state index in [2.05, 4.69) is 10.6 Å². The first-order chi connectivity index (χ1) is 24.4. The number of nitrogens with zero attached hydrogens (tertiary/aromatic N) is 2. The van der Waals surface area contributed by atoms with Crippen LogP contribution in [0.4, 0.5) is 13.6 Å². The van der Waals surface area contributed by atoms with E-state index in [0.29, 0.717) is 17.0 Å². The molecule has 2 aliphatic rings. The molecule has 22 heteroatoms. The van der Waals surface area contributed by atoms with Gasteiger partial charge in [-0.1, -0.05) is 29.8 Å². The molecule has 5 amide bonds. The number of fused-ring (bicyclic) bond motifs is 1. The van der Waals surface area contributed by atoms with Crippen molar-refractivity contribution in [3.8, 4) is 17.2 Å². The first kappa shape index (κ1) is 38.0. The molecule has 1 fully saturated rings. The molecular weight excluding hydrogens is 740 g/mol. The summed E-state index contributed by atoms with van der Waals surface area (Å²) >= 11 is 6.03. The molecule has 2 atom stereocenters. The maximum Gasteiger partial charge on any atom is 0.528 e. The van der Waals surface area contributed by atoms with Crippen molar-refractivity contribution >= 4 is 61.3 Å². The minimum atomic E-state index is -5.11. The van der Waals surface area contributed by atoms with Crippen LogP contribution < -0.4 is 20.6 Å². The van der Waals surface area contributed by atoms with Crippen molar-refractivity contribution in [3.05, 3.63) is 81.4 Å². The minimum absolute atomic E-state index is 0.115. The van der Waals surface area contributed by atoms with Crippen molar-refractivity contribution in [2.45, 2.75) is 24.8 Å². The Hall–Kier alpha value is -5.27. The first-order valence-electron chi connectivity index (χ1n) is 15.0. The van der Waals surface area contributed by atoms with Gasteiger partial charge in [0.15, 0.2) is 11.5 Å². The lowest BCUT2D eigenvalue weighted by molar-refractivity contribution is -0.154. The number of piperazine rings is 1. The molecule has 0 bridgehead atoms. The Kier molecular flexibility index (Phi) is 10.8. The van der Waals surface area contributed by atoms with E-state index in [9.17, 15) is 67.4 Å². The van der Waals surface area contributed by atoms with Crippen molar-refractivity contribution < 1.29 is 72.1 Å². The molecule has 0 radical (unpaired) electrons. The van der Waals surface area contributed by atoms with Crippen LogP contribution in [0.3, 0.4) is 0 Å². The summed E-state index contributed by atoms with van der Waals surface area (Å²) in [5.74, 6) is -10.3. The summed E-state index contributed by atoms with van der Waals surface area (Å²) in [7, 11) is -6.86. The summed E-state index contributed by atoms with van der Waals surface area (Å²) in [4.78, 5) is 84.8. The van der Waals surface area contributed by atoms with Crippen molar-refractivity contribution in [1.29, 1.82) is 0 Å². The maximum atomic E-state index is 14.9. The average Bonchev–Trinajstić information content (AvgIpc) is 3.07. The molecule has 0 aromatic heterocycles. The number of carbonyl (C=O) groups excluding carboxylic acids is 4. The normalized spacial score (nSPS) is 16.6. The topological polar surface area (TPSA) is 264 Å². The quantitative estimate of drug-likeness (QED) is 0.0648. The highest BCUT2D eigenvalue weighted by molar-refractivity contribution is 7.60. The van der Waals surface area contributed by atoms with Gasteiger partial charge in [0.25, 0.3) is 0 Å². The van der Waals surface area contributed by atoms with Crippen LogP contribution >= 0.6 is 19.2 Å². The average molecular weight is 767 g/mol. The first-order valence-corrected chi connectivity index (χ1v) is 17.0. The van der Waals surface area contributed by atoms with Crippen molar-refractivity contribution in [2.75, 3.05) is 19.6 Å². The molecule has 2 heterocycles. The number of hydrogen-bond donors (Lipinski definition) is 8. The minimum Gasteiger partial charge on any atom is -0.535 e. The fraction of sp³-hybridized carbons (Fsp3) is 0.233. The largest absolute Gasteiger partial charge is 0.535 e. The number of aromatic hydroxyl groups is 2. The second kappa shape index (κ2) is 14.8. The zero-order valence-electron chi connectivity index (χ0n) is 26.3. The van der Waals surface area contributed by atoms with E-state index in [4.69, 9.17) is 16.3 Å². The number of imide groups is 1. The Labute approximate surface area is 296 Å². The standard InChI is InChI=1S/C30H27BClF2N4O13P/c32-22-15(2-5-19(39)24(22)40)12-37-7-8-38(28(43)27(37)42)30(46)36-23(13-3-6-20(18(34)10-13)52(48,49)50)26(41)35-11-16-9-14-1-4-17(33)21(29(44)45)25(14)51-31(16)47/h1-6,10,16,23,39-40,47H,7-9,11-12H2,(H,35,41)(H,36,46)(H,44,45)(H2,48,49,50)/t16-,23?/m1/s1. The molecule has 1 saturated heterocycles. The Balaban J connectivity index is 1.34. The lowest BCUT2D eigenvalue weighted by atomic mass is 9.66. The summed E-state index contributed by atoms with van der Waals surface area (Å²) in [5.41, 5.74) is -0.804. The van der Waals surface area contributed by atoms with Gasteiger partial charge in [0.1, 0.15) is 29.0 Å². The molecule has 0 aliphatic carbocycles. The van der Waals surface area contributed by atoms with Crippen LogP contribution in [0.1, 0.15) is 33.1 Å². The predicted octanol–water partition coefficient (Wildman–Crippen LogP) is 0.754. The third-order valence-corrected chi connectivity index (χ3v) is 9.72. The van der Waals surface area contributed by atoms with Crippen molar-refractivity contribution in [3.63, 3.8) is 0 Å². The monoisotopic (exact) mass is 766 g/mol. The second-order valence-electron chi connectivity index (χ2n) is 11.7. The zero-order chi connectivity index (χ0) is 38.2. The van der Waals surface area contributed by atoms with Crippen LogP contribution in [0.15, 0.2) is 42.5 Å². The summed E-state index contributed by atoms with van der Waals surface area (Å²) in [6, 6.07) is 3.56. The van der Waals surface area contributed by atoms with Gasteiger partial charge >= 0.3 is 38.5 Å². The lowest BCUT2D eigenvalue weighted by Gasteiger charge is -2.33. The van der Waals surface area contributed by atoms with E-state index in [0.717, 1.165) is 23.1 Å². The molecular formula is C30H27BClF2N4O13P. The van der Waals surface area contributed by atoms with Crippen LogP contribution in [0.2, 0.25) is 10.8 Å². The van der Waals surface area contributed by atoms with Gasteiger partial charge in [-0.25, -0.2) is 18.4 Å². The van der Waals surface area contributed by atoms with Crippen LogP contribution in [-0.4, -0.2) is 96.4 Å². The molecule has 0 saturated carbocycles. The smallest absolute Gasteiger partial charge is 0.528 e. The maximum absolute atomic E-state index is 14.9. The third-order valence-electron chi connectivity index (χ3n) is 8.30. The van der Waals surface area contributed by atoms with E-state index >= 15 is 0 Å². The zero-order valence-corrected chi connectivity index (χ0v) is 28.0. The Morgan fingerprint density at radius 1 is 1.04 bits per heavy atom. The Bertz CT molecular complexity index is 2050. The molecule has 17 nitrogen and oxygen atoms in total. The third kappa shape index (κ3) is 7.65. The number of carboxylic acid groups (broad SMARTS) is 1. The number of carbonyl (C=O) groups is 5. The van der Waals surface area contributed by atoms with Gasteiger partial charge in [0.05, 0.1) is 10.3 Å². The fourth-order valence-electron chi connectivity index (χ4n) is 5.59. The summed E-state index contributed by atoms with van der Waals surface area (Å²) in [6.07, 6.45) is -0.115. The van der Waals surface area contributed by atoms with Gasteiger partial charge in [-0.2, -0.15) is 0 Å². The number of halogens is 3. The summed E-state index contributed by atoms with van der Waals surface area (Å²) in [5, 5.41) is 42.7. The summed E-state index contributed by atoms with van der Waals surface area (Å²) < 4.78 is 45.9. The number of urea groups is 1. The molecule has 3 aromatic rings. The second-order valence-corrected chi connectivity index (χ2v) is 13.6. The van der Waals surface area contributed by atoms with Crippen LogP contribution in [0, 0.1) is 11.6 Å². The van der Waals surface area contributed by atoms with Crippen LogP contribution in [0.25, 0.3) is 0 Å². The molecule has 52 heavy (non-hydrogen) atoms. The summed E-state index contributed by atoms with van der Waals surface area (Å²) in [6.45, 7) is -1.37. The number of amides is 5. The van der Waals surface area contributed by atoms with E-state index < -0.39 is 109 Å². The molecule has 3 aromatic carbocycles. The molecule has 0 spiro atoms. The number of phenolic OH excluding ortho intramolecular Hbond substituents is 2. The van der Waals surface area contributed by atoms with Gasteiger partial charge in [-0.3, -0.25) is 23.8 Å². The van der Waals surface area contributed by atoms with E-state index in [-0.39, 0.29) is 41.2 Å². The van der Waals surface area contributed by atoms with Crippen LogP contribution in [0.5, 0.6) is 17.2 Å². The number of carboxylic acids is 1. The van der Waals surface area contributed by atoms with E-state index in [1.807, 2.05) is 0 Å². The predicted molar refractivity (Wildman–Crippen MR) is 174 cm³/mol. The van der Waals surface area contributed by atoms with Crippen molar-refractivity contribution in [1.82, 2.24) is 20.4 Å². The number of aromatic carboxylic acids is 1. The fourth-order valence-corrected chi connectivity index (χ4v) is 6.42. The molecule has 5 rings (SSSR count). The highest BCUT2D eigenvalue weighted by Crippen LogP contribution is 2.38. The molecule has 1 unspecified atom stereocenters. The lowest BCUT2D eigenvalue weighted by Crippen LogP contribution is -2.59. The van der Waals surface area contributed by atoms with Gasteiger partial charge in [0, 0.05) is 32.0 Å². The SMILES string of the molecule is O=C(O)c1c(F)ccc2c1OB(O)[C@@H](CNC(=O)C(NC(=O)N1CCN(Cc3ccc(O)c(O)c3Cl)C(=O)C1=O)c1ccc(P(=O)(O)O)c(F)c1)C2. The van der Waals surface area contributed by atoms with E-state index in [1.165, 1.54) is 12.1 Å². The number of hydrogen-bond acceptors (Lipinski definition) is 10. The van der Waals surface area contributed by atoms with Gasteiger partial charge in [-0.05, 0) is 47.4 Å². The highest BCUT2D eigenvalue weighted by atomic mass is 35.5. The molecule has 2 aliphatic heterocycles. The molecule has 8 N–H and O–H groups in total. The van der Waals surface area contributed by atoms with Crippen LogP contribution in [-0.2, 0) is 31.9 Å². The highest BCUT2D eigenvalue weighted by Gasteiger charge is 2.40. The molecule has 274 valence electrons. The van der Waals surface area contributed by atoms with Gasteiger partial charge < -0.3 is 50.3 Å². The number of benzene rings is 3. The van der Waals surface area contributed by atoms with E-state index in [1.54, 1.807) is 0 Å². The Morgan fingerprint density at radius 2 is 1.75 bits per heavy atom. The van der Waals surface area contributed by atoms with Crippen molar-refractivity contribution in [2.24, 2.45) is 0 Å². The number of rotatable bonds is 9. The number of nitrogens with one attached hydrogen (secondary N) is 2. The van der Waals surface area contributed by atoms with Gasteiger partial charge in [0.2, 0.25) is 5.91 Å². The number of phenols is 2. The Morgan fingerprint density at radius 3 is 2.40 bits per heavy atom.